The van der Waals surface area contributed by atoms with E-state index in [4.69, 9.17) is 5.73 Å². The molecule has 0 saturated carbocycles. The Labute approximate surface area is 68.6 Å². The molecule has 1 aromatic rings. The van der Waals surface area contributed by atoms with E-state index in [1.165, 1.54) is 0 Å². The monoisotopic (exact) mass is 200 g/mol. The lowest BCUT2D eigenvalue weighted by Gasteiger charge is -2.03. The minimum absolute atomic E-state index is 0.0827. The molecule has 10 heavy (non-hydrogen) atoms. The van der Waals surface area contributed by atoms with Crippen LogP contribution in [0.3, 0.4) is 0 Å². The molecule has 0 aromatic carbocycles. The molecule has 0 saturated heterocycles. The zero-order chi connectivity index (χ0) is 7.56. The van der Waals surface area contributed by atoms with Crippen molar-refractivity contribution in [3.63, 3.8) is 0 Å². The van der Waals surface area contributed by atoms with E-state index in [0.29, 0.717) is 0 Å². The predicted octanol–water partition coefficient (Wildman–Crippen LogP) is 1.86. The van der Waals surface area contributed by atoms with Crippen molar-refractivity contribution in [2.45, 2.75) is 13.0 Å². The Bertz CT molecular complexity index is 223. The molecular formula is C7H9BrN2. The molecular weight excluding hydrogens is 192 g/mol. The van der Waals surface area contributed by atoms with Crippen molar-refractivity contribution in [3.05, 3.63) is 28.5 Å². The molecule has 0 fully saturated rings. The van der Waals surface area contributed by atoms with E-state index in [0.717, 1.165) is 10.2 Å². The van der Waals surface area contributed by atoms with Gasteiger partial charge in [-0.15, -0.1) is 0 Å². The molecule has 0 amide bonds. The van der Waals surface area contributed by atoms with E-state index in [1.807, 2.05) is 19.1 Å². The van der Waals surface area contributed by atoms with Gasteiger partial charge in [0.15, 0.2) is 0 Å². The molecule has 0 unspecified atom stereocenters. The summed E-state index contributed by atoms with van der Waals surface area (Å²) in [7, 11) is 0. The lowest BCUT2D eigenvalue weighted by atomic mass is 10.1. The van der Waals surface area contributed by atoms with Crippen molar-refractivity contribution in [2.75, 3.05) is 0 Å². The summed E-state index contributed by atoms with van der Waals surface area (Å²) in [6.07, 6.45) is 1.74. The number of pyridine rings is 1. The van der Waals surface area contributed by atoms with E-state index in [-0.39, 0.29) is 6.04 Å². The van der Waals surface area contributed by atoms with E-state index in [2.05, 4.69) is 20.9 Å². The Hall–Kier alpha value is -0.410. The van der Waals surface area contributed by atoms with Crippen molar-refractivity contribution in [1.82, 2.24) is 4.98 Å². The smallest absolute Gasteiger partial charge is 0.106 e. The highest BCUT2D eigenvalue weighted by molar-refractivity contribution is 9.10. The number of halogens is 1. The van der Waals surface area contributed by atoms with Crippen molar-refractivity contribution in [3.8, 4) is 0 Å². The van der Waals surface area contributed by atoms with E-state index >= 15 is 0 Å². The highest BCUT2D eigenvalue weighted by Gasteiger charge is 1.97. The molecule has 1 atom stereocenters. The Kier molecular flexibility index (Phi) is 2.40. The SMILES string of the molecule is C[C@@H](N)c1ccnc(Br)c1. The second-order valence-electron chi connectivity index (χ2n) is 2.20. The first kappa shape index (κ1) is 7.69. The maximum absolute atomic E-state index is 5.63. The van der Waals surface area contributed by atoms with Gasteiger partial charge in [0.25, 0.3) is 0 Å². The van der Waals surface area contributed by atoms with Gasteiger partial charge in [0.05, 0.1) is 0 Å². The minimum Gasteiger partial charge on any atom is -0.324 e. The summed E-state index contributed by atoms with van der Waals surface area (Å²) in [6, 6.07) is 3.92. The Balaban J connectivity index is 2.96. The van der Waals surface area contributed by atoms with Gasteiger partial charge in [0.2, 0.25) is 0 Å². The summed E-state index contributed by atoms with van der Waals surface area (Å²) >= 11 is 3.26. The maximum atomic E-state index is 5.63. The first-order valence-electron chi connectivity index (χ1n) is 3.07. The third-order valence-electron chi connectivity index (χ3n) is 1.28. The molecule has 2 N–H and O–H groups in total. The lowest BCUT2D eigenvalue weighted by Crippen LogP contribution is -2.04. The maximum Gasteiger partial charge on any atom is 0.106 e. The molecule has 3 heteroatoms. The van der Waals surface area contributed by atoms with Crippen LogP contribution in [0.5, 0.6) is 0 Å². The largest absolute Gasteiger partial charge is 0.324 e. The quantitative estimate of drug-likeness (QED) is 0.704. The molecule has 0 aliphatic rings. The van der Waals surface area contributed by atoms with Gasteiger partial charge < -0.3 is 5.73 Å². The van der Waals surface area contributed by atoms with Gasteiger partial charge in [0.1, 0.15) is 4.60 Å². The Morgan fingerprint density at radius 3 is 2.80 bits per heavy atom. The average molecular weight is 201 g/mol. The topological polar surface area (TPSA) is 38.9 Å². The number of aromatic nitrogens is 1. The third kappa shape index (κ3) is 1.78. The summed E-state index contributed by atoms with van der Waals surface area (Å²) < 4.78 is 0.835. The molecule has 2 nitrogen and oxygen atoms in total. The second kappa shape index (κ2) is 3.12. The number of hydrogen-bond acceptors (Lipinski definition) is 2. The molecule has 0 bridgehead atoms. The van der Waals surface area contributed by atoms with Gasteiger partial charge in [-0.25, -0.2) is 4.98 Å². The first-order valence-corrected chi connectivity index (χ1v) is 3.86. The lowest BCUT2D eigenvalue weighted by molar-refractivity contribution is 0.814. The summed E-state index contributed by atoms with van der Waals surface area (Å²) in [5.74, 6) is 0. The molecule has 1 rings (SSSR count). The average Bonchev–Trinajstić information content (AvgIpc) is 1.88. The summed E-state index contributed by atoms with van der Waals surface area (Å²) in [5.41, 5.74) is 6.73. The Morgan fingerprint density at radius 2 is 2.40 bits per heavy atom. The van der Waals surface area contributed by atoms with E-state index < -0.39 is 0 Å². The zero-order valence-corrected chi connectivity index (χ0v) is 7.30. The normalized spacial score (nSPS) is 13.1. The van der Waals surface area contributed by atoms with Crippen LogP contribution in [0.25, 0.3) is 0 Å². The summed E-state index contributed by atoms with van der Waals surface area (Å²) in [5, 5.41) is 0. The van der Waals surface area contributed by atoms with Crippen LogP contribution >= 0.6 is 15.9 Å². The van der Waals surface area contributed by atoms with E-state index in [9.17, 15) is 0 Å². The zero-order valence-electron chi connectivity index (χ0n) is 5.71. The Morgan fingerprint density at radius 1 is 1.70 bits per heavy atom. The predicted molar refractivity (Wildman–Crippen MR) is 44.5 cm³/mol. The molecule has 0 aliphatic heterocycles. The minimum atomic E-state index is 0.0827. The van der Waals surface area contributed by atoms with Crippen LogP contribution in [0, 0.1) is 0 Å². The fourth-order valence-electron chi connectivity index (χ4n) is 0.701. The summed E-state index contributed by atoms with van der Waals surface area (Å²) in [6.45, 7) is 1.95. The molecule has 0 aliphatic carbocycles. The number of nitrogens with zero attached hydrogens (tertiary/aromatic N) is 1. The van der Waals surface area contributed by atoms with Crippen molar-refractivity contribution in [1.29, 1.82) is 0 Å². The third-order valence-corrected chi connectivity index (χ3v) is 1.71. The van der Waals surface area contributed by atoms with Crippen LogP contribution in [-0.2, 0) is 0 Å². The molecule has 1 heterocycles. The second-order valence-corrected chi connectivity index (χ2v) is 3.01. The fraction of sp³-hybridized carbons (Fsp3) is 0.286. The number of hydrogen-bond donors (Lipinski definition) is 1. The van der Waals surface area contributed by atoms with Gasteiger partial charge in [-0.3, -0.25) is 0 Å². The van der Waals surface area contributed by atoms with Gasteiger partial charge in [-0.2, -0.15) is 0 Å². The molecule has 54 valence electrons. The van der Waals surface area contributed by atoms with Gasteiger partial charge >= 0.3 is 0 Å². The van der Waals surface area contributed by atoms with Crippen LogP contribution in [0.15, 0.2) is 22.9 Å². The highest BCUT2D eigenvalue weighted by Crippen LogP contribution is 2.12. The molecule has 0 radical (unpaired) electrons. The summed E-state index contributed by atoms with van der Waals surface area (Å²) in [4.78, 5) is 3.98. The van der Waals surface area contributed by atoms with Crippen LogP contribution < -0.4 is 5.73 Å². The first-order chi connectivity index (χ1) is 4.70. The number of nitrogens with two attached hydrogens (primary N) is 1. The van der Waals surface area contributed by atoms with Crippen LogP contribution in [0.2, 0.25) is 0 Å². The van der Waals surface area contributed by atoms with Gasteiger partial charge in [-0.05, 0) is 40.5 Å². The molecule has 1 aromatic heterocycles. The van der Waals surface area contributed by atoms with Crippen LogP contribution in [0.1, 0.15) is 18.5 Å². The van der Waals surface area contributed by atoms with Gasteiger partial charge in [0, 0.05) is 12.2 Å². The van der Waals surface area contributed by atoms with Crippen LogP contribution in [-0.4, -0.2) is 4.98 Å². The van der Waals surface area contributed by atoms with Crippen molar-refractivity contribution < 1.29 is 0 Å². The highest BCUT2D eigenvalue weighted by atomic mass is 79.9. The van der Waals surface area contributed by atoms with E-state index in [1.54, 1.807) is 6.20 Å². The molecule has 0 spiro atoms. The van der Waals surface area contributed by atoms with Crippen molar-refractivity contribution in [2.24, 2.45) is 5.73 Å². The van der Waals surface area contributed by atoms with Crippen LogP contribution in [0.4, 0.5) is 0 Å². The van der Waals surface area contributed by atoms with Crippen molar-refractivity contribution >= 4 is 15.9 Å². The number of rotatable bonds is 1. The van der Waals surface area contributed by atoms with Gasteiger partial charge in [-0.1, -0.05) is 0 Å². The fourth-order valence-corrected chi connectivity index (χ4v) is 1.08. The standard InChI is InChI=1S/C7H9BrN2/c1-5(9)6-2-3-10-7(8)4-6/h2-5H,9H2,1H3/t5-/m1/s1.